The minimum Gasteiger partial charge on any atom is -0.339 e. The van der Waals surface area contributed by atoms with Crippen LogP contribution < -0.4 is 0 Å². The van der Waals surface area contributed by atoms with E-state index in [1.54, 1.807) is 0 Å². The van der Waals surface area contributed by atoms with E-state index in [-0.39, 0.29) is 11.8 Å². The van der Waals surface area contributed by atoms with Crippen LogP contribution in [0.5, 0.6) is 0 Å². The fraction of sp³-hybridized carbons (Fsp3) is 0.727. The van der Waals surface area contributed by atoms with Gasteiger partial charge in [0.25, 0.3) is 0 Å². The molecule has 0 amide bonds. The summed E-state index contributed by atoms with van der Waals surface area (Å²) in [6, 6.07) is 2.24. The van der Waals surface area contributed by atoms with Crippen molar-refractivity contribution in [2.45, 2.75) is 43.9 Å². The van der Waals surface area contributed by atoms with Crippen molar-refractivity contribution in [2.24, 2.45) is 5.92 Å². The summed E-state index contributed by atoms with van der Waals surface area (Å²) < 4.78 is 5.22. The summed E-state index contributed by atoms with van der Waals surface area (Å²) >= 11 is 0. The third-order valence-electron chi connectivity index (χ3n) is 3.45. The molecule has 0 spiro atoms. The molecule has 4 nitrogen and oxygen atoms in total. The van der Waals surface area contributed by atoms with E-state index in [0.29, 0.717) is 11.8 Å². The SMILES string of the molecule is N#CC1CC1c1nc(C2CCCC2)no1. The molecule has 3 rings (SSSR count). The highest BCUT2D eigenvalue weighted by Gasteiger charge is 2.43. The largest absolute Gasteiger partial charge is 0.339 e. The number of hydrogen-bond acceptors (Lipinski definition) is 4. The molecule has 0 radical (unpaired) electrons. The fourth-order valence-corrected chi connectivity index (χ4v) is 2.36. The van der Waals surface area contributed by atoms with Crippen molar-refractivity contribution in [2.75, 3.05) is 0 Å². The Balaban J connectivity index is 1.74. The van der Waals surface area contributed by atoms with E-state index in [9.17, 15) is 0 Å². The van der Waals surface area contributed by atoms with Crippen molar-refractivity contribution in [1.29, 1.82) is 5.26 Å². The molecule has 2 unspecified atom stereocenters. The van der Waals surface area contributed by atoms with Crippen molar-refractivity contribution in [3.63, 3.8) is 0 Å². The Morgan fingerprint density at radius 2 is 2.13 bits per heavy atom. The molecule has 1 heterocycles. The summed E-state index contributed by atoms with van der Waals surface area (Å²) in [4.78, 5) is 4.42. The van der Waals surface area contributed by atoms with Crippen LogP contribution in [0.25, 0.3) is 0 Å². The lowest BCUT2D eigenvalue weighted by Gasteiger charge is -1.99. The van der Waals surface area contributed by atoms with Crippen LogP contribution in [0.4, 0.5) is 0 Å². The monoisotopic (exact) mass is 203 g/mol. The topological polar surface area (TPSA) is 62.7 Å². The highest BCUT2D eigenvalue weighted by molar-refractivity contribution is 5.16. The first kappa shape index (κ1) is 8.90. The fourth-order valence-electron chi connectivity index (χ4n) is 2.36. The first-order chi connectivity index (χ1) is 7.38. The molecular weight excluding hydrogens is 190 g/mol. The standard InChI is InChI=1S/C11H13N3O/c12-6-8-5-9(8)11-13-10(14-15-11)7-3-1-2-4-7/h7-9H,1-5H2. The average molecular weight is 203 g/mol. The maximum atomic E-state index is 8.72. The van der Waals surface area contributed by atoms with Gasteiger partial charge in [-0.2, -0.15) is 10.2 Å². The zero-order chi connectivity index (χ0) is 10.3. The first-order valence-corrected chi connectivity index (χ1v) is 5.61. The highest BCUT2D eigenvalue weighted by Crippen LogP contribution is 2.46. The van der Waals surface area contributed by atoms with Gasteiger partial charge in [-0.25, -0.2) is 0 Å². The van der Waals surface area contributed by atoms with Gasteiger partial charge in [-0.1, -0.05) is 18.0 Å². The summed E-state index contributed by atoms with van der Waals surface area (Å²) in [7, 11) is 0. The van der Waals surface area contributed by atoms with Gasteiger partial charge >= 0.3 is 0 Å². The summed E-state index contributed by atoms with van der Waals surface area (Å²) in [5.74, 6) is 2.39. The van der Waals surface area contributed by atoms with Crippen LogP contribution in [-0.4, -0.2) is 10.1 Å². The Kier molecular flexibility index (Phi) is 1.98. The Hall–Kier alpha value is -1.37. The molecule has 0 aromatic carbocycles. The van der Waals surface area contributed by atoms with E-state index in [2.05, 4.69) is 16.2 Å². The molecule has 2 aliphatic carbocycles. The second kappa shape index (κ2) is 3.34. The van der Waals surface area contributed by atoms with Gasteiger partial charge in [0, 0.05) is 5.92 Å². The van der Waals surface area contributed by atoms with E-state index in [0.717, 1.165) is 12.2 Å². The minimum atomic E-state index is 0.113. The van der Waals surface area contributed by atoms with Crippen LogP contribution in [0.15, 0.2) is 4.52 Å². The van der Waals surface area contributed by atoms with Crippen molar-refractivity contribution in [3.8, 4) is 6.07 Å². The molecule has 15 heavy (non-hydrogen) atoms. The molecule has 2 saturated carbocycles. The van der Waals surface area contributed by atoms with Crippen LogP contribution in [0.2, 0.25) is 0 Å². The molecular formula is C11H13N3O. The lowest BCUT2D eigenvalue weighted by atomic mass is 10.1. The Labute approximate surface area is 88.3 Å². The average Bonchev–Trinajstić information content (AvgIpc) is 2.73. The summed E-state index contributed by atoms with van der Waals surface area (Å²) in [5.41, 5.74) is 0. The third kappa shape index (κ3) is 1.52. The van der Waals surface area contributed by atoms with Gasteiger partial charge in [0.1, 0.15) is 0 Å². The molecule has 2 atom stereocenters. The second-order valence-electron chi connectivity index (χ2n) is 4.55. The molecule has 0 bridgehead atoms. The lowest BCUT2D eigenvalue weighted by molar-refractivity contribution is 0.369. The normalized spacial score (nSPS) is 30.3. The molecule has 78 valence electrons. The number of rotatable bonds is 2. The number of hydrogen-bond donors (Lipinski definition) is 0. The van der Waals surface area contributed by atoms with E-state index in [1.165, 1.54) is 25.7 Å². The number of nitrogens with zero attached hydrogens (tertiary/aromatic N) is 3. The van der Waals surface area contributed by atoms with Crippen LogP contribution in [0.3, 0.4) is 0 Å². The number of nitriles is 1. The maximum absolute atomic E-state index is 8.72. The third-order valence-corrected chi connectivity index (χ3v) is 3.45. The Morgan fingerprint density at radius 1 is 1.33 bits per heavy atom. The van der Waals surface area contributed by atoms with E-state index < -0.39 is 0 Å². The predicted octanol–water partition coefficient (Wildman–Crippen LogP) is 2.35. The Bertz CT molecular complexity index is 400. The predicted molar refractivity (Wildman–Crippen MR) is 52.0 cm³/mol. The van der Waals surface area contributed by atoms with Crippen molar-refractivity contribution < 1.29 is 4.52 Å². The van der Waals surface area contributed by atoms with Crippen molar-refractivity contribution >= 4 is 0 Å². The quantitative estimate of drug-likeness (QED) is 0.740. The van der Waals surface area contributed by atoms with Gasteiger partial charge in [0.05, 0.1) is 17.9 Å². The summed E-state index contributed by atoms with van der Waals surface area (Å²) in [6.07, 6.45) is 5.82. The second-order valence-corrected chi connectivity index (χ2v) is 4.55. The smallest absolute Gasteiger partial charge is 0.231 e. The van der Waals surface area contributed by atoms with Crippen molar-refractivity contribution in [3.05, 3.63) is 11.7 Å². The van der Waals surface area contributed by atoms with E-state index in [4.69, 9.17) is 9.78 Å². The molecule has 2 aliphatic rings. The van der Waals surface area contributed by atoms with Gasteiger partial charge < -0.3 is 4.52 Å². The van der Waals surface area contributed by atoms with Gasteiger partial charge in [-0.05, 0) is 19.3 Å². The van der Waals surface area contributed by atoms with Crippen LogP contribution in [0.1, 0.15) is 55.7 Å². The number of aromatic nitrogens is 2. The molecule has 2 fully saturated rings. The van der Waals surface area contributed by atoms with Gasteiger partial charge in [0.2, 0.25) is 5.89 Å². The van der Waals surface area contributed by atoms with Crippen LogP contribution in [-0.2, 0) is 0 Å². The molecule has 0 saturated heterocycles. The first-order valence-electron chi connectivity index (χ1n) is 5.61. The van der Waals surface area contributed by atoms with Gasteiger partial charge in [-0.15, -0.1) is 0 Å². The van der Waals surface area contributed by atoms with Crippen molar-refractivity contribution in [1.82, 2.24) is 10.1 Å². The molecule has 1 aromatic rings. The summed E-state index contributed by atoms with van der Waals surface area (Å²) in [5, 5.41) is 12.7. The maximum Gasteiger partial charge on any atom is 0.231 e. The van der Waals surface area contributed by atoms with E-state index >= 15 is 0 Å². The van der Waals surface area contributed by atoms with Crippen LogP contribution >= 0.6 is 0 Å². The zero-order valence-corrected chi connectivity index (χ0v) is 8.52. The Morgan fingerprint density at radius 3 is 2.80 bits per heavy atom. The minimum absolute atomic E-state index is 0.113. The lowest BCUT2D eigenvalue weighted by Crippen LogP contribution is -1.95. The van der Waals surface area contributed by atoms with Gasteiger partial charge in [-0.3, -0.25) is 0 Å². The zero-order valence-electron chi connectivity index (χ0n) is 8.52. The molecule has 1 aromatic heterocycles. The molecule has 4 heteroatoms. The van der Waals surface area contributed by atoms with E-state index in [1.807, 2.05) is 0 Å². The highest BCUT2D eigenvalue weighted by atomic mass is 16.5. The molecule has 0 N–H and O–H groups in total. The van der Waals surface area contributed by atoms with Gasteiger partial charge in [0.15, 0.2) is 5.82 Å². The molecule has 0 aliphatic heterocycles. The van der Waals surface area contributed by atoms with Crippen LogP contribution in [0, 0.1) is 17.2 Å². The summed E-state index contributed by atoms with van der Waals surface area (Å²) in [6.45, 7) is 0.